The van der Waals surface area contributed by atoms with Gasteiger partial charge in [0.05, 0.1) is 5.60 Å². The van der Waals surface area contributed by atoms with Crippen molar-refractivity contribution in [1.29, 1.82) is 0 Å². The molecule has 94 valence electrons. The Morgan fingerprint density at radius 3 is 2.06 bits per heavy atom. The zero-order chi connectivity index (χ0) is 11.8. The first kappa shape index (κ1) is 12.3. The average Bonchev–Trinajstić information content (AvgIpc) is 2.27. The van der Waals surface area contributed by atoms with Crippen LogP contribution >= 0.6 is 0 Å². The Labute approximate surface area is 97.0 Å². The zero-order valence-corrected chi connectivity index (χ0v) is 9.86. The van der Waals surface area contributed by atoms with E-state index in [9.17, 15) is 10.2 Å². The summed E-state index contributed by atoms with van der Waals surface area (Å²) < 4.78 is 0. The molecule has 0 aromatic heterocycles. The molecule has 2 rings (SSSR count). The second kappa shape index (κ2) is 4.26. The molecular formula is C12H24N2O2. The van der Waals surface area contributed by atoms with Gasteiger partial charge in [0, 0.05) is 12.1 Å². The van der Waals surface area contributed by atoms with E-state index in [4.69, 9.17) is 11.5 Å². The molecule has 0 heterocycles. The monoisotopic (exact) mass is 228 g/mol. The van der Waals surface area contributed by atoms with E-state index in [0.29, 0.717) is 19.3 Å². The minimum Gasteiger partial charge on any atom is -0.387 e. The van der Waals surface area contributed by atoms with Gasteiger partial charge in [-0.05, 0) is 38.5 Å². The molecule has 0 radical (unpaired) electrons. The van der Waals surface area contributed by atoms with Crippen LogP contribution in [0.5, 0.6) is 0 Å². The highest BCUT2D eigenvalue weighted by atomic mass is 16.4. The number of hydrogen-bond donors (Lipinski definition) is 4. The Hall–Kier alpha value is -0.160. The van der Waals surface area contributed by atoms with E-state index >= 15 is 0 Å². The molecule has 0 spiro atoms. The highest BCUT2D eigenvalue weighted by Gasteiger charge is 2.54. The lowest BCUT2D eigenvalue weighted by Crippen LogP contribution is -2.66. The Morgan fingerprint density at radius 1 is 0.875 bits per heavy atom. The summed E-state index contributed by atoms with van der Waals surface area (Å²) in [6.07, 6.45) is 6.18. The Bertz CT molecular complexity index is 251. The maximum Gasteiger partial charge on any atom is 0.108 e. The van der Waals surface area contributed by atoms with Gasteiger partial charge < -0.3 is 21.7 Å². The maximum absolute atomic E-state index is 10.7. The molecule has 2 saturated carbocycles. The number of hydrogen-bond acceptors (Lipinski definition) is 4. The fourth-order valence-corrected chi connectivity index (χ4v) is 3.31. The van der Waals surface area contributed by atoms with Gasteiger partial charge in [-0.15, -0.1) is 0 Å². The molecule has 2 unspecified atom stereocenters. The van der Waals surface area contributed by atoms with E-state index in [-0.39, 0.29) is 12.1 Å². The summed E-state index contributed by atoms with van der Waals surface area (Å²) in [5, 5.41) is 21.4. The third-order valence-electron chi connectivity index (χ3n) is 4.60. The quantitative estimate of drug-likeness (QED) is 0.517. The summed E-state index contributed by atoms with van der Waals surface area (Å²) in [4.78, 5) is 0. The smallest absolute Gasteiger partial charge is 0.108 e. The summed E-state index contributed by atoms with van der Waals surface area (Å²) in [5.41, 5.74) is 9.76. The first-order valence-electron chi connectivity index (χ1n) is 6.44. The molecule has 2 atom stereocenters. The number of nitrogens with two attached hydrogens (primary N) is 2. The minimum absolute atomic E-state index is 0.170. The summed E-state index contributed by atoms with van der Waals surface area (Å²) >= 11 is 0. The van der Waals surface area contributed by atoms with Crippen LogP contribution in [0.1, 0.15) is 51.4 Å². The van der Waals surface area contributed by atoms with Gasteiger partial charge >= 0.3 is 0 Å². The van der Waals surface area contributed by atoms with Crippen molar-refractivity contribution in [3.63, 3.8) is 0 Å². The fraction of sp³-hybridized carbons (Fsp3) is 1.00. The molecule has 16 heavy (non-hydrogen) atoms. The largest absolute Gasteiger partial charge is 0.387 e. The second-order valence-electron chi connectivity index (χ2n) is 5.65. The third-order valence-corrected chi connectivity index (χ3v) is 4.60. The third kappa shape index (κ3) is 1.88. The molecule has 2 fully saturated rings. The van der Waals surface area contributed by atoms with Gasteiger partial charge in [-0.1, -0.05) is 12.8 Å². The summed E-state index contributed by atoms with van der Waals surface area (Å²) in [5.74, 6) is 0. The van der Waals surface area contributed by atoms with Crippen LogP contribution in [0, 0.1) is 0 Å². The van der Waals surface area contributed by atoms with Gasteiger partial charge in [-0.25, -0.2) is 0 Å². The second-order valence-corrected chi connectivity index (χ2v) is 5.65. The van der Waals surface area contributed by atoms with E-state index in [1.165, 1.54) is 0 Å². The SMILES string of the molecule is NC1CCC(O)(C2(O)CCCCC2N)CC1. The van der Waals surface area contributed by atoms with E-state index in [2.05, 4.69) is 0 Å². The number of aliphatic hydroxyl groups is 2. The zero-order valence-electron chi connectivity index (χ0n) is 9.86. The lowest BCUT2D eigenvalue weighted by atomic mass is 9.64. The van der Waals surface area contributed by atoms with E-state index in [0.717, 1.165) is 32.1 Å². The van der Waals surface area contributed by atoms with Crippen LogP contribution in [0.4, 0.5) is 0 Å². The summed E-state index contributed by atoms with van der Waals surface area (Å²) in [6, 6.07) is -0.121. The van der Waals surface area contributed by atoms with Gasteiger partial charge in [0.25, 0.3) is 0 Å². The van der Waals surface area contributed by atoms with E-state index in [1.54, 1.807) is 0 Å². The molecular weight excluding hydrogens is 204 g/mol. The van der Waals surface area contributed by atoms with Crippen molar-refractivity contribution < 1.29 is 10.2 Å². The van der Waals surface area contributed by atoms with Crippen LogP contribution in [0.15, 0.2) is 0 Å². The molecule has 2 aliphatic rings. The highest BCUT2D eigenvalue weighted by molar-refractivity contribution is 5.09. The van der Waals surface area contributed by atoms with Crippen molar-refractivity contribution in [2.45, 2.75) is 74.7 Å². The first-order chi connectivity index (χ1) is 7.48. The fourth-order valence-electron chi connectivity index (χ4n) is 3.31. The van der Waals surface area contributed by atoms with Crippen molar-refractivity contribution in [3.8, 4) is 0 Å². The molecule has 0 aliphatic heterocycles. The highest BCUT2D eigenvalue weighted by Crippen LogP contribution is 2.43. The summed E-state index contributed by atoms with van der Waals surface area (Å²) in [6.45, 7) is 0. The summed E-state index contributed by atoms with van der Waals surface area (Å²) in [7, 11) is 0. The minimum atomic E-state index is -1.09. The van der Waals surface area contributed by atoms with Gasteiger partial charge in [-0.3, -0.25) is 0 Å². The lowest BCUT2D eigenvalue weighted by molar-refractivity contribution is -0.191. The van der Waals surface area contributed by atoms with Gasteiger partial charge in [0.1, 0.15) is 5.60 Å². The standard InChI is InChI=1S/C12H24N2O2/c13-9-4-7-11(15,8-5-9)12(16)6-2-1-3-10(12)14/h9-10,15-16H,1-8,13-14H2. The van der Waals surface area contributed by atoms with Crippen LogP contribution in [0.2, 0.25) is 0 Å². The normalized spacial score (nSPS) is 50.2. The number of rotatable bonds is 1. The van der Waals surface area contributed by atoms with Crippen molar-refractivity contribution in [3.05, 3.63) is 0 Å². The Kier molecular flexibility index (Phi) is 3.27. The van der Waals surface area contributed by atoms with Crippen molar-refractivity contribution in [1.82, 2.24) is 0 Å². The molecule has 4 nitrogen and oxygen atoms in total. The molecule has 0 aromatic carbocycles. The molecule has 6 N–H and O–H groups in total. The molecule has 4 heteroatoms. The van der Waals surface area contributed by atoms with Crippen molar-refractivity contribution in [2.75, 3.05) is 0 Å². The van der Waals surface area contributed by atoms with Gasteiger partial charge in [0.2, 0.25) is 0 Å². The Morgan fingerprint density at radius 2 is 1.50 bits per heavy atom. The molecule has 0 saturated heterocycles. The predicted octanol–water partition coefficient (Wildman–Crippen LogP) is 0.251. The maximum atomic E-state index is 10.7. The van der Waals surface area contributed by atoms with Crippen LogP contribution < -0.4 is 11.5 Å². The molecule has 0 aromatic rings. The van der Waals surface area contributed by atoms with E-state index < -0.39 is 11.2 Å². The van der Waals surface area contributed by atoms with Gasteiger partial charge in [-0.2, -0.15) is 0 Å². The predicted molar refractivity (Wildman–Crippen MR) is 62.8 cm³/mol. The van der Waals surface area contributed by atoms with Crippen molar-refractivity contribution >= 4 is 0 Å². The molecule has 0 bridgehead atoms. The van der Waals surface area contributed by atoms with Crippen molar-refractivity contribution in [2.24, 2.45) is 11.5 Å². The van der Waals surface area contributed by atoms with Crippen LogP contribution in [0.25, 0.3) is 0 Å². The topological polar surface area (TPSA) is 92.5 Å². The average molecular weight is 228 g/mol. The van der Waals surface area contributed by atoms with Gasteiger partial charge in [0.15, 0.2) is 0 Å². The lowest BCUT2D eigenvalue weighted by Gasteiger charge is -2.51. The van der Waals surface area contributed by atoms with Crippen LogP contribution in [-0.4, -0.2) is 33.5 Å². The Balaban J connectivity index is 2.14. The van der Waals surface area contributed by atoms with Crippen LogP contribution in [0.3, 0.4) is 0 Å². The van der Waals surface area contributed by atoms with E-state index in [1.807, 2.05) is 0 Å². The van der Waals surface area contributed by atoms with Crippen LogP contribution in [-0.2, 0) is 0 Å². The molecule has 0 amide bonds. The molecule has 2 aliphatic carbocycles. The first-order valence-corrected chi connectivity index (χ1v) is 6.44.